The Morgan fingerprint density at radius 2 is 1.77 bits per heavy atom. The lowest BCUT2D eigenvalue weighted by atomic mass is 10.1. The highest BCUT2D eigenvalue weighted by molar-refractivity contribution is 6.35. The fourth-order valence-electron chi connectivity index (χ4n) is 1.97. The second-order valence-corrected chi connectivity index (χ2v) is 5.98. The lowest BCUT2D eigenvalue weighted by Gasteiger charge is -2.12. The van der Waals surface area contributed by atoms with Crippen LogP contribution in [0, 0.1) is 0 Å². The number of guanidine groups is 1. The number of amides is 1. The second-order valence-electron chi connectivity index (χ2n) is 5.58. The third-order valence-electron chi connectivity index (χ3n) is 3.34. The number of aliphatic carboxylic acids is 2. The maximum Gasteiger partial charge on any atom is 0.490 e. The predicted octanol–water partition coefficient (Wildman–Crippen LogP) is 0.602. The molecule has 1 aromatic carbocycles. The molecule has 2 rings (SSSR count). The van der Waals surface area contributed by atoms with Crippen molar-refractivity contribution in [2.24, 2.45) is 16.5 Å². The molecule has 0 spiro atoms. The first kappa shape index (κ1) is 25.4. The number of pyridine rings is 1. The summed E-state index contributed by atoms with van der Waals surface area (Å²) in [5.41, 5.74) is 10.8. The van der Waals surface area contributed by atoms with Crippen LogP contribution in [0.25, 0.3) is 10.8 Å². The number of carboxylic acid groups (broad SMARTS) is 2. The number of aliphatic hydroxyl groups excluding tert-OH is 1. The minimum Gasteiger partial charge on any atom is -0.480 e. The van der Waals surface area contributed by atoms with Crippen molar-refractivity contribution in [3.63, 3.8) is 0 Å². The van der Waals surface area contributed by atoms with Gasteiger partial charge in [0.2, 0.25) is 0 Å². The Morgan fingerprint density at radius 1 is 1.19 bits per heavy atom. The van der Waals surface area contributed by atoms with E-state index >= 15 is 0 Å². The summed E-state index contributed by atoms with van der Waals surface area (Å²) >= 11 is 6.06. The molecule has 0 aliphatic heterocycles. The van der Waals surface area contributed by atoms with E-state index in [1.54, 1.807) is 6.07 Å². The van der Waals surface area contributed by atoms with E-state index in [0.29, 0.717) is 15.8 Å². The van der Waals surface area contributed by atoms with Crippen molar-refractivity contribution in [2.45, 2.75) is 12.2 Å². The van der Waals surface area contributed by atoms with Crippen LogP contribution in [0.2, 0.25) is 5.02 Å². The Balaban J connectivity index is 0.000000592. The lowest BCUT2D eigenvalue weighted by molar-refractivity contribution is -0.192. The van der Waals surface area contributed by atoms with E-state index in [4.69, 9.17) is 43.2 Å². The third kappa shape index (κ3) is 7.27. The number of carbonyl (C=O) groups is 3. The lowest BCUT2D eigenvalue weighted by Crippen LogP contribution is -2.43. The van der Waals surface area contributed by atoms with Crippen LogP contribution >= 0.6 is 11.6 Å². The van der Waals surface area contributed by atoms with Crippen LogP contribution in [-0.2, 0) is 9.59 Å². The van der Waals surface area contributed by atoms with E-state index in [9.17, 15) is 22.8 Å². The molecule has 1 unspecified atom stereocenters. The molecule has 1 heterocycles. The number of aliphatic imine (C=N–C) groups is 1. The molecule has 0 saturated heterocycles. The average molecular weight is 466 g/mol. The largest absolute Gasteiger partial charge is 0.490 e. The normalized spacial score (nSPS) is 11.6. The molecule has 168 valence electrons. The van der Waals surface area contributed by atoms with Gasteiger partial charge >= 0.3 is 18.1 Å². The SMILES string of the molecule is NC(N)=Nc1ncc(Cl)c2ccc(C(=O)NC(CO)C(=O)O)cc12.O=C(O)C(F)(F)F. The van der Waals surface area contributed by atoms with Crippen LogP contribution in [0.15, 0.2) is 29.4 Å². The average Bonchev–Trinajstić information content (AvgIpc) is 2.67. The first-order chi connectivity index (χ1) is 14.3. The Labute approximate surface area is 176 Å². The van der Waals surface area contributed by atoms with Gasteiger partial charge in [-0.2, -0.15) is 18.2 Å². The van der Waals surface area contributed by atoms with Crippen molar-refractivity contribution in [3.8, 4) is 0 Å². The number of carboxylic acids is 2. The van der Waals surface area contributed by atoms with Gasteiger partial charge in [0.15, 0.2) is 17.8 Å². The van der Waals surface area contributed by atoms with Gasteiger partial charge in [0.05, 0.1) is 11.6 Å². The monoisotopic (exact) mass is 465 g/mol. The summed E-state index contributed by atoms with van der Waals surface area (Å²) in [5, 5.41) is 28.5. The van der Waals surface area contributed by atoms with Crippen LogP contribution in [-0.4, -0.2) is 62.9 Å². The molecule has 2 aromatic rings. The third-order valence-corrected chi connectivity index (χ3v) is 3.64. The van der Waals surface area contributed by atoms with Crippen molar-refractivity contribution < 1.29 is 42.9 Å². The summed E-state index contributed by atoms with van der Waals surface area (Å²) < 4.78 is 31.7. The molecule has 31 heavy (non-hydrogen) atoms. The number of halogens is 4. The van der Waals surface area contributed by atoms with E-state index in [0.717, 1.165) is 0 Å². The van der Waals surface area contributed by atoms with E-state index < -0.39 is 36.7 Å². The maximum atomic E-state index is 12.2. The van der Waals surface area contributed by atoms with Crippen LogP contribution in [0.3, 0.4) is 0 Å². The number of nitrogens with zero attached hydrogens (tertiary/aromatic N) is 2. The summed E-state index contributed by atoms with van der Waals surface area (Å²) in [5.74, 6) is -4.84. The molecule has 11 nitrogen and oxygen atoms in total. The molecule has 0 fully saturated rings. The number of hydrogen-bond acceptors (Lipinski definition) is 6. The zero-order valence-corrected chi connectivity index (χ0v) is 16.0. The van der Waals surface area contributed by atoms with Gasteiger partial charge < -0.3 is 32.1 Å². The molecule has 15 heteroatoms. The number of alkyl halides is 3. The molecule has 1 aromatic heterocycles. The van der Waals surface area contributed by atoms with E-state index in [2.05, 4.69) is 15.3 Å². The number of nitrogens with two attached hydrogens (primary N) is 2. The number of fused-ring (bicyclic) bond motifs is 1. The van der Waals surface area contributed by atoms with Crippen LogP contribution in [0.1, 0.15) is 10.4 Å². The maximum absolute atomic E-state index is 12.2. The zero-order chi connectivity index (χ0) is 23.9. The Morgan fingerprint density at radius 3 is 2.23 bits per heavy atom. The summed E-state index contributed by atoms with van der Waals surface area (Å²) in [7, 11) is 0. The molecular formula is C16H15ClF3N5O6. The predicted molar refractivity (Wildman–Crippen MR) is 102 cm³/mol. The molecular weight excluding hydrogens is 451 g/mol. The molecule has 0 radical (unpaired) electrons. The number of hydrogen-bond donors (Lipinski definition) is 6. The minimum absolute atomic E-state index is 0.137. The molecule has 1 amide bonds. The van der Waals surface area contributed by atoms with Gasteiger partial charge in [-0.05, 0) is 12.1 Å². The van der Waals surface area contributed by atoms with Gasteiger partial charge in [-0.3, -0.25) is 4.79 Å². The molecule has 0 aliphatic rings. The smallest absolute Gasteiger partial charge is 0.480 e. The van der Waals surface area contributed by atoms with Crippen LogP contribution in [0.5, 0.6) is 0 Å². The number of rotatable bonds is 5. The Kier molecular flexibility index (Phi) is 8.52. The van der Waals surface area contributed by atoms with E-state index in [1.165, 1.54) is 18.3 Å². The van der Waals surface area contributed by atoms with Crippen LogP contribution < -0.4 is 16.8 Å². The van der Waals surface area contributed by atoms with Gasteiger partial charge in [0.25, 0.3) is 5.91 Å². The van der Waals surface area contributed by atoms with Crippen molar-refractivity contribution >= 4 is 52.0 Å². The minimum atomic E-state index is -5.08. The zero-order valence-electron chi connectivity index (χ0n) is 15.2. The standard InChI is InChI=1S/C14H14ClN5O4.C2HF3O2/c15-9-4-18-11(20-14(16)17)8-3-6(1-2-7(8)9)12(22)19-10(5-21)13(23)24;3-2(4,5)1(6)7/h1-4,10,21H,5H2,(H,19,22)(H,23,24)(H4,16,17,18,20);(H,6,7). The Hall–Kier alpha value is -3.65. The first-order valence-electron chi connectivity index (χ1n) is 7.90. The van der Waals surface area contributed by atoms with Gasteiger partial charge in [0, 0.05) is 22.5 Å². The summed E-state index contributed by atoms with van der Waals surface area (Å²) in [6, 6.07) is 3.04. The number of benzene rings is 1. The quantitative estimate of drug-likeness (QED) is 0.270. The summed E-state index contributed by atoms with van der Waals surface area (Å²) in [4.78, 5) is 39.8. The van der Waals surface area contributed by atoms with Crippen molar-refractivity contribution in [3.05, 3.63) is 35.0 Å². The molecule has 8 N–H and O–H groups in total. The van der Waals surface area contributed by atoms with Gasteiger partial charge in [0.1, 0.15) is 0 Å². The number of aromatic nitrogens is 1. The highest BCUT2D eigenvalue weighted by Gasteiger charge is 2.38. The van der Waals surface area contributed by atoms with Crippen molar-refractivity contribution in [2.75, 3.05) is 6.61 Å². The summed E-state index contributed by atoms with van der Waals surface area (Å²) in [6.07, 6.45) is -3.71. The second kappa shape index (κ2) is 10.4. The van der Waals surface area contributed by atoms with Crippen molar-refractivity contribution in [1.82, 2.24) is 10.3 Å². The Bertz CT molecular complexity index is 1030. The van der Waals surface area contributed by atoms with E-state index in [-0.39, 0.29) is 17.3 Å². The first-order valence-corrected chi connectivity index (χ1v) is 8.28. The van der Waals surface area contributed by atoms with E-state index in [1.807, 2.05) is 0 Å². The van der Waals surface area contributed by atoms with Gasteiger partial charge in [-0.15, -0.1) is 0 Å². The van der Waals surface area contributed by atoms with Crippen molar-refractivity contribution in [1.29, 1.82) is 0 Å². The van der Waals surface area contributed by atoms with Crippen LogP contribution in [0.4, 0.5) is 19.0 Å². The molecule has 0 bridgehead atoms. The number of nitrogens with one attached hydrogen (secondary N) is 1. The van der Waals surface area contributed by atoms with Gasteiger partial charge in [-0.25, -0.2) is 14.6 Å². The molecule has 1 atom stereocenters. The number of aliphatic hydroxyl groups is 1. The molecule has 0 saturated carbocycles. The highest BCUT2D eigenvalue weighted by Crippen LogP contribution is 2.30. The summed E-state index contributed by atoms with van der Waals surface area (Å²) in [6.45, 7) is -0.735. The molecule has 0 aliphatic carbocycles. The topological polar surface area (TPSA) is 201 Å². The fourth-order valence-corrected chi connectivity index (χ4v) is 2.19. The highest BCUT2D eigenvalue weighted by atomic mass is 35.5. The fraction of sp³-hybridized carbons (Fsp3) is 0.188. The number of carbonyl (C=O) groups excluding carboxylic acids is 1. The van der Waals surface area contributed by atoms with Gasteiger partial charge in [-0.1, -0.05) is 17.7 Å².